The van der Waals surface area contributed by atoms with Crippen molar-refractivity contribution in [3.8, 4) is 0 Å². The van der Waals surface area contributed by atoms with E-state index in [1.54, 1.807) is 7.11 Å². The maximum atomic E-state index is 12.6. The Morgan fingerprint density at radius 1 is 1.25 bits per heavy atom. The summed E-state index contributed by atoms with van der Waals surface area (Å²) in [4.78, 5) is 17.1. The van der Waals surface area contributed by atoms with Crippen LogP contribution >= 0.6 is 0 Å². The summed E-state index contributed by atoms with van der Waals surface area (Å²) in [6, 6.07) is 0.169. The van der Waals surface area contributed by atoms with Crippen LogP contribution in [-0.4, -0.2) is 59.7 Å². The minimum Gasteiger partial charge on any atom is -0.421 e. The molecule has 3 fully saturated rings. The molecule has 3 aliphatic rings. The Morgan fingerprint density at radius 3 is 2.71 bits per heavy atom. The van der Waals surface area contributed by atoms with Crippen molar-refractivity contribution in [3.05, 3.63) is 11.8 Å². The van der Waals surface area contributed by atoms with Crippen LogP contribution in [-0.2, 0) is 16.1 Å². The predicted molar refractivity (Wildman–Crippen MR) is 104 cm³/mol. The van der Waals surface area contributed by atoms with Crippen LogP contribution in [0.1, 0.15) is 75.6 Å². The molecule has 3 heterocycles. The molecule has 0 N–H and O–H groups in total. The monoisotopic (exact) mass is 390 g/mol. The Bertz CT molecular complexity index is 662. The van der Waals surface area contributed by atoms with E-state index in [0.29, 0.717) is 24.3 Å². The van der Waals surface area contributed by atoms with Gasteiger partial charge in [-0.1, -0.05) is 25.7 Å². The molecule has 1 aromatic heterocycles. The largest absolute Gasteiger partial charge is 0.421 e. The normalized spacial score (nSPS) is 25.8. The molecule has 2 aliphatic heterocycles. The Balaban J connectivity index is 1.29. The van der Waals surface area contributed by atoms with Gasteiger partial charge in [-0.15, -0.1) is 10.2 Å². The van der Waals surface area contributed by atoms with Gasteiger partial charge in [-0.25, -0.2) is 0 Å². The number of rotatable bonds is 6. The Hall–Kier alpha value is -1.47. The fraction of sp³-hybridized carbons (Fsp3) is 0.857. The minimum atomic E-state index is 0.169. The highest BCUT2D eigenvalue weighted by Gasteiger charge is 2.46. The fourth-order valence-corrected chi connectivity index (χ4v) is 5.51. The summed E-state index contributed by atoms with van der Waals surface area (Å²) in [7, 11) is 3.77. The third-order valence-electron chi connectivity index (χ3n) is 7.20. The van der Waals surface area contributed by atoms with E-state index in [2.05, 4.69) is 27.0 Å². The highest BCUT2D eigenvalue weighted by atomic mass is 16.5. The number of likely N-dealkylation sites (tertiary alicyclic amines) is 2. The summed E-state index contributed by atoms with van der Waals surface area (Å²) in [6.07, 6.45) is 10.4. The van der Waals surface area contributed by atoms with Crippen molar-refractivity contribution in [2.75, 3.05) is 33.8 Å². The number of carbonyl (C=O) groups is 1. The first-order valence-electron chi connectivity index (χ1n) is 10.9. The van der Waals surface area contributed by atoms with Gasteiger partial charge >= 0.3 is 0 Å². The molecule has 1 atom stereocenters. The van der Waals surface area contributed by atoms with E-state index in [1.807, 2.05) is 0 Å². The standard InChI is InChI=1S/C21H34N4O3/c1-24-15-21(13-17(24)20-23-22-18(28-20)14-27-2)9-11-25(12-10-21)19(26)8-7-16-5-3-4-6-16/h16-17H,3-15H2,1-2H3. The topological polar surface area (TPSA) is 71.7 Å². The van der Waals surface area contributed by atoms with Crippen LogP contribution in [0.2, 0.25) is 0 Å². The van der Waals surface area contributed by atoms with Crippen molar-refractivity contribution >= 4 is 5.91 Å². The Morgan fingerprint density at radius 2 is 2.00 bits per heavy atom. The van der Waals surface area contributed by atoms with E-state index in [-0.39, 0.29) is 11.5 Å². The molecule has 1 unspecified atom stereocenters. The molecule has 0 radical (unpaired) electrons. The quantitative estimate of drug-likeness (QED) is 0.743. The summed E-state index contributed by atoms with van der Waals surface area (Å²) in [5.74, 6) is 2.39. The zero-order valence-electron chi connectivity index (χ0n) is 17.4. The molecule has 0 aromatic carbocycles. The van der Waals surface area contributed by atoms with Gasteiger partial charge in [0.25, 0.3) is 0 Å². The van der Waals surface area contributed by atoms with Gasteiger partial charge in [0, 0.05) is 33.2 Å². The molecule has 1 saturated carbocycles. The Labute approximate surface area is 167 Å². The number of aromatic nitrogens is 2. The van der Waals surface area contributed by atoms with Gasteiger partial charge in [-0.2, -0.15) is 0 Å². The molecule has 1 aromatic rings. The maximum Gasteiger partial charge on any atom is 0.242 e. The zero-order valence-corrected chi connectivity index (χ0v) is 17.4. The number of methoxy groups -OCH3 is 1. The number of amides is 1. The van der Waals surface area contributed by atoms with Gasteiger partial charge in [0.15, 0.2) is 0 Å². The van der Waals surface area contributed by atoms with Crippen LogP contribution in [0.5, 0.6) is 0 Å². The lowest BCUT2D eigenvalue weighted by molar-refractivity contribution is -0.133. The van der Waals surface area contributed by atoms with Crippen molar-refractivity contribution in [1.82, 2.24) is 20.0 Å². The lowest BCUT2D eigenvalue weighted by Gasteiger charge is -2.39. The lowest BCUT2D eigenvalue weighted by Crippen LogP contribution is -2.44. The summed E-state index contributed by atoms with van der Waals surface area (Å²) < 4.78 is 10.9. The number of hydrogen-bond donors (Lipinski definition) is 0. The van der Waals surface area contributed by atoms with Crippen molar-refractivity contribution < 1.29 is 13.9 Å². The number of piperidine rings is 1. The highest BCUT2D eigenvalue weighted by molar-refractivity contribution is 5.76. The Kier molecular flexibility index (Phi) is 6.01. The van der Waals surface area contributed by atoms with Gasteiger partial charge in [0.05, 0.1) is 6.04 Å². The van der Waals surface area contributed by atoms with Gasteiger partial charge < -0.3 is 14.1 Å². The molecule has 1 spiro atoms. The SMILES string of the molecule is COCc1nnc(C2CC3(CCN(C(=O)CCC4CCCC4)CC3)CN2C)o1. The first kappa shape index (κ1) is 19.8. The van der Waals surface area contributed by atoms with Crippen LogP contribution < -0.4 is 0 Å². The van der Waals surface area contributed by atoms with Crippen LogP contribution in [0.15, 0.2) is 4.42 Å². The molecular weight excluding hydrogens is 356 g/mol. The smallest absolute Gasteiger partial charge is 0.242 e. The van der Waals surface area contributed by atoms with E-state index < -0.39 is 0 Å². The first-order chi connectivity index (χ1) is 13.6. The van der Waals surface area contributed by atoms with E-state index in [1.165, 1.54) is 25.7 Å². The van der Waals surface area contributed by atoms with E-state index in [9.17, 15) is 4.79 Å². The van der Waals surface area contributed by atoms with Gasteiger partial charge in [-0.3, -0.25) is 9.69 Å². The molecule has 0 bridgehead atoms. The molecule has 1 amide bonds. The molecular formula is C21H34N4O3. The third-order valence-corrected chi connectivity index (χ3v) is 7.20. The lowest BCUT2D eigenvalue weighted by atomic mass is 9.76. The van der Waals surface area contributed by atoms with Crippen LogP contribution in [0.25, 0.3) is 0 Å². The molecule has 28 heavy (non-hydrogen) atoms. The summed E-state index contributed by atoms with van der Waals surface area (Å²) in [5.41, 5.74) is 0.261. The summed E-state index contributed by atoms with van der Waals surface area (Å²) >= 11 is 0. The summed E-state index contributed by atoms with van der Waals surface area (Å²) in [5, 5.41) is 8.33. The maximum absolute atomic E-state index is 12.6. The van der Waals surface area contributed by atoms with Gasteiger partial charge in [-0.05, 0) is 44.1 Å². The second-order valence-corrected chi connectivity index (χ2v) is 9.17. The molecule has 7 nitrogen and oxygen atoms in total. The third kappa shape index (κ3) is 4.25. The van der Waals surface area contributed by atoms with E-state index in [0.717, 1.165) is 57.7 Å². The van der Waals surface area contributed by atoms with Gasteiger partial charge in [0.2, 0.25) is 17.7 Å². The van der Waals surface area contributed by atoms with Crippen molar-refractivity contribution in [2.24, 2.45) is 11.3 Å². The second kappa shape index (κ2) is 8.49. The van der Waals surface area contributed by atoms with Crippen molar-refractivity contribution in [3.63, 3.8) is 0 Å². The molecule has 1 aliphatic carbocycles. The molecule has 4 rings (SSSR count). The fourth-order valence-electron chi connectivity index (χ4n) is 5.51. The molecule has 2 saturated heterocycles. The van der Waals surface area contributed by atoms with E-state index >= 15 is 0 Å². The summed E-state index contributed by atoms with van der Waals surface area (Å²) in [6.45, 7) is 3.17. The highest BCUT2D eigenvalue weighted by Crippen LogP contribution is 2.48. The average Bonchev–Trinajstić information content (AvgIpc) is 3.42. The second-order valence-electron chi connectivity index (χ2n) is 9.17. The van der Waals surface area contributed by atoms with Crippen LogP contribution in [0, 0.1) is 11.3 Å². The van der Waals surface area contributed by atoms with E-state index in [4.69, 9.17) is 9.15 Å². The number of hydrogen-bond acceptors (Lipinski definition) is 6. The molecule has 156 valence electrons. The predicted octanol–water partition coefficient (Wildman–Crippen LogP) is 3.17. The van der Waals surface area contributed by atoms with Crippen molar-refractivity contribution in [2.45, 2.75) is 70.4 Å². The number of nitrogens with zero attached hydrogens (tertiary/aromatic N) is 4. The average molecular weight is 391 g/mol. The first-order valence-corrected chi connectivity index (χ1v) is 10.9. The van der Waals surface area contributed by atoms with Gasteiger partial charge in [0.1, 0.15) is 6.61 Å². The number of carbonyl (C=O) groups excluding carboxylic acids is 1. The number of ether oxygens (including phenoxy) is 1. The molecule has 7 heteroatoms. The van der Waals surface area contributed by atoms with Crippen LogP contribution in [0.4, 0.5) is 0 Å². The minimum absolute atomic E-state index is 0.169. The van der Waals surface area contributed by atoms with Crippen molar-refractivity contribution in [1.29, 1.82) is 0 Å². The zero-order chi connectivity index (χ0) is 19.6. The van der Waals surface area contributed by atoms with Crippen LogP contribution in [0.3, 0.4) is 0 Å².